The van der Waals surface area contributed by atoms with Crippen LogP contribution in [0.3, 0.4) is 0 Å². The predicted octanol–water partition coefficient (Wildman–Crippen LogP) is 1.18. The third kappa shape index (κ3) is 4.36. The number of amides is 1. The molecule has 20 heavy (non-hydrogen) atoms. The minimum Gasteiger partial charge on any atom is -0.482 e. The summed E-state index contributed by atoms with van der Waals surface area (Å²) in [6, 6.07) is 4.80. The second-order valence-electron chi connectivity index (χ2n) is 3.75. The van der Waals surface area contributed by atoms with Gasteiger partial charge in [0.2, 0.25) is 0 Å². The number of halogens is 2. The SMILES string of the molecule is O=C(COc1cc(Cl)ccc1Cl)NCCn1ncnn1. The monoisotopic (exact) mass is 315 g/mol. The summed E-state index contributed by atoms with van der Waals surface area (Å²) in [6.07, 6.45) is 1.33. The van der Waals surface area contributed by atoms with E-state index in [1.54, 1.807) is 18.2 Å². The van der Waals surface area contributed by atoms with Crippen LogP contribution in [0.15, 0.2) is 24.5 Å². The third-order valence-electron chi connectivity index (χ3n) is 2.28. The second kappa shape index (κ2) is 7.06. The van der Waals surface area contributed by atoms with Gasteiger partial charge in [-0.2, -0.15) is 4.80 Å². The van der Waals surface area contributed by atoms with Gasteiger partial charge in [0.15, 0.2) is 12.9 Å². The highest BCUT2D eigenvalue weighted by molar-refractivity contribution is 6.34. The van der Waals surface area contributed by atoms with Gasteiger partial charge in [-0.1, -0.05) is 23.2 Å². The number of ether oxygens (including phenoxy) is 1. The van der Waals surface area contributed by atoms with Crippen LogP contribution in [0.4, 0.5) is 0 Å². The first kappa shape index (κ1) is 14.5. The molecular weight excluding hydrogens is 305 g/mol. The number of benzene rings is 1. The van der Waals surface area contributed by atoms with Gasteiger partial charge in [-0.25, -0.2) is 0 Å². The summed E-state index contributed by atoms with van der Waals surface area (Å²) in [7, 11) is 0. The molecule has 0 atom stereocenters. The van der Waals surface area contributed by atoms with Crippen molar-refractivity contribution in [3.05, 3.63) is 34.6 Å². The van der Waals surface area contributed by atoms with Gasteiger partial charge in [-0.15, -0.1) is 10.2 Å². The number of nitrogens with one attached hydrogen (secondary N) is 1. The van der Waals surface area contributed by atoms with Crippen molar-refractivity contribution in [1.29, 1.82) is 0 Å². The maximum atomic E-state index is 11.6. The molecule has 106 valence electrons. The number of rotatable bonds is 6. The Morgan fingerprint density at radius 3 is 3.00 bits per heavy atom. The highest BCUT2D eigenvalue weighted by Gasteiger charge is 2.06. The van der Waals surface area contributed by atoms with Crippen LogP contribution in [-0.2, 0) is 11.3 Å². The Labute approximate surface area is 124 Å². The Morgan fingerprint density at radius 1 is 1.40 bits per heavy atom. The summed E-state index contributed by atoms with van der Waals surface area (Å²) in [5.74, 6) is 0.0911. The predicted molar refractivity (Wildman–Crippen MR) is 72.8 cm³/mol. The fourth-order valence-electron chi connectivity index (χ4n) is 1.37. The Balaban J connectivity index is 1.73. The van der Waals surface area contributed by atoms with E-state index in [9.17, 15) is 4.79 Å². The molecule has 0 unspecified atom stereocenters. The summed E-state index contributed by atoms with van der Waals surface area (Å²) in [6.45, 7) is 0.663. The fraction of sp³-hybridized carbons (Fsp3) is 0.273. The third-order valence-corrected chi connectivity index (χ3v) is 2.82. The lowest BCUT2D eigenvalue weighted by Gasteiger charge is -2.08. The number of nitrogens with zero attached hydrogens (tertiary/aromatic N) is 4. The molecule has 2 aromatic rings. The molecule has 1 aromatic heterocycles. The van der Waals surface area contributed by atoms with Crippen molar-refractivity contribution in [3.8, 4) is 5.75 Å². The van der Waals surface area contributed by atoms with Gasteiger partial charge in [0.1, 0.15) is 5.75 Å². The molecule has 0 radical (unpaired) electrons. The minimum absolute atomic E-state index is 0.148. The van der Waals surface area contributed by atoms with Gasteiger partial charge >= 0.3 is 0 Å². The fourth-order valence-corrected chi connectivity index (χ4v) is 1.70. The zero-order valence-electron chi connectivity index (χ0n) is 10.3. The smallest absolute Gasteiger partial charge is 0.258 e. The summed E-state index contributed by atoms with van der Waals surface area (Å²) in [4.78, 5) is 12.9. The summed E-state index contributed by atoms with van der Waals surface area (Å²) < 4.78 is 5.29. The number of carbonyl (C=O) groups excluding carboxylic acids is 1. The number of carbonyl (C=O) groups is 1. The topological polar surface area (TPSA) is 81.9 Å². The van der Waals surface area contributed by atoms with E-state index in [1.165, 1.54) is 11.1 Å². The van der Waals surface area contributed by atoms with Gasteiger partial charge in [0.25, 0.3) is 5.91 Å². The van der Waals surface area contributed by atoms with Crippen molar-refractivity contribution in [3.63, 3.8) is 0 Å². The van der Waals surface area contributed by atoms with Crippen molar-refractivity contribution >= 4 is 29.1 Å². The number of hydrogen-bond acceptors (Lipinski definition) is 5. The van der Waals surface area contributed by atoms with Crippen molar-refractivity contribution in [2.24, 2.45) is 0 Å². The highest BCUT2D eigenvalue weighted by atomic mass is 35.5. The van der Waals surface area contributed by atoms with Crippen LogP contribution in [0.1, 0.15) is 0 Å². The minimum atomic E-state index is -0.277. The first-order valence-electron chi connectivity index (χ1n) is 5.70. The molecule has 0 fully saturated rings. The van der Waals surface area contributed by atoms with Crippen LogP contribution in [0.25, 0.3) is 0 Å². The molecule has 0 aliphatic heterocycles. The molecule has 1 heterocycles. The quantitative estimate of drug-likeness (QED) is 0.865. The lowest BCUT2D eigenvalue weighted by Crippen LogP contribution is -2.32. The molecule has 0 saturated carbocycles. The molecule has 0 aliphatic carbocycles. The van der Waals surface area contributed by atoms with Crippen molar-refractivity contribution in [2.45, 2.75) is 6.54 Å². The maximum Gasteiger partial charge on any atom is 0.258 e. The van der Waals surface area contributed by atoms with Crippen LogP contribution in [0.5, 0.6) is 5.75 Å². The average Bonchev–Trinajstić information content (AvgIpc) is 2.93. The van der Waals surface area contributed by atoms with Gasteiger partial charge in [-0.3, -0.25) is 4.79 Å². The molecule has 7 nitrogen and oxygen atoms in total. The Morgan fingerprint density at radius 2 is 2.25 bits per heavy atom. The van der Waals surface area contributed by atoms with E-state index in [1.807, 2.05) is 0 Å². The number of tetrazole rings is 1. The second-order valence-corrected chi connectivity index (χ2v) is 4.59. The first-order chi connectivity index (χ1) is 9.65. The van der Waals surface area contributed by atoms with Gasteiger partial charge in [0.05, 0.1) is 11.6 Å². The van der Waals surface area contributed by atoms with E-state index in [0.29, 0.717) is 28.9 Å². The molecular formula is C11H11Cl2N5O2. The normalized spacial score (nSPS) is 10.3. The lowest BCUT2D eigenvalue weighted by molar-refractivity contribution is -0.123. The molecule has 1 N–H and O–H groups in total. The Bertz CT molecular complexity index is 576. The Kier molecular flexibility index (Phi) is 5.14. The largest absolute Gasteiger partial charge is 0.482 e. The molecule has 1 aromatic carbocycles. The van der Waals surface area contributed by atoms with E-state index in [0.717, 1.165) is 0 Å². The van der Waals surface area contributed by atoms with Crippen LogP contribution >= 0.6 is 23.2 Å². The van der Waals surface area contributed by atoms with Crippen LogP contribution < -0.4 is 10.1 Å². The van der Waals surface area contributed by atoms with Crippen LogP contribution in [0, 0.1) is 0 Å². The molecule has 0 spiro atoms. The van der Waals surface area contributed by atoms with E-state index in [4.69, 9.17) is 27.9 Å². The molecule has 0 saturated heterocycles. The number of aromatic nitrogens is 4. The maximum absolute atomic E-state index is 11.6. The molecule has 0 bridgehead atoms. The van der Waals surface area contributed by atoms with E-state index >= 15 is 0 Å². The zero-order chi connectivity index (χ0) is 14.4. The van der Waals surface area contributed by atoms with Gasteiger partial charge in [-0.05, 0) is 17.3 Å². The van der Waals surface area contributed by atoms with Gasteiger partial charge < -0.3 is 10.1 Å². The zero-order valence-corrected chi connectivity index (χ0v) is 11.8. The summed E-state index contributed by atoms with van der Waals surface area (Å²) in [5.41, 5.74) is 0. The molecule has 2 rings (SSSR count). The van der Waals surface area contributed by atoms with Crippen molar-refractivity contribution < 1.29 is 9.53 Å². The average molecular weight is 316 g/mol. The highest BCUT2D eigenvalue weighted by Crippen LogP contribution is 2.27. The van der Waals surface area contributed by atoms with Crippen molar-refractivity contribution in [2.75, 3.05) is 13.2 Å². The van der Waals surface area contributed by atoms with Crippen LogP contribution in [0.2, 0.25) is 10.0 Å². The first-order valence-corrected chi connectivity index (χ1v) is 6.46. The van der Waals surface area contributed by atoms with E-state index < -0.39 is 0 Å². The standard InChI is InChI=1S/C11H11Cl2N5O2/c12-8-1-2-9(13)10(5-8)20-6-11(19)14-3-4-18-16-7-15-17-18/h1-2,5,7H,3-4,6H2,(H,14,19). The van der Waals surface area contributed by atoms with E-state index in [-0.39, 0.29) is 12.5 Å². The summed E-state index contributed by atoms with van der Waals surface area (Å²) in [5, 5.41) is 14.6. The molecule has 9 heteroatoms. The van der Waals surface area contributed by atoms with Crippen LogP contribution in [-0.4, -0.2) is 39.3 Å². The summed E-state index contributed by atoms with van der Waals surface area (Å²) >= 11 is 11.7. The molecule has 0 aliphatic rings. The Hall–Kier alpha value is -1.86. The van der Waals surface area contributed by atoms with E-state index in [2.05, 4.69) is 20.7 Å². The van der Waals surface area contributed by atoms with Crippen molar-refractivity contribution in [1.82, 2.24) is 25.5 Å². The lowest BCUT2D eigenvalue weighted by atomic mass is 10.3. The number of hydrogen-bond donors (Lipinski definition) is 1. The van der Waals surface area contributed by atoms with Gasteiger partial charge in [0, 0.05) is 17.6 Å². The molecule has 1 amide bonds.